The topological polar surface area (TPSA) is 84.8 Å². The number of benzene rings is 2. The quantitative estimate of drug-likeness (QED) is 0.379. The molecule has 2 aromatic heterocycles. The van der Waals surface area contributed by atoms with E-state index >= 15 is 0 Å². The molecule has 0 saturated carbocycles. The van der Waals surface area contributed by atoms with Crippen LogP contribution in [0.15, 0.2) is 51.3 Å². The van der Waals surface area contributed by atoms with Crippen LogP contribution in [-0.4, -0.2) is 52.5 Å². The number of piperidine rings is 1. The highest BCUT2D eigenvalue weighted by Crippen LogP contribution is 2.34. The van der Waals surface area contributed by atoms with Crippen molar-refractivity contribution in [1.82, 2.24) is 15.1 Å². The van der Waals surface area contributed by atoms with Gasteiger partial charge in [-0.1, -0.05) is 24.3 Å². The van der Waals surface area contributed by atoms with Gasteiger partial charge in [0, 0.05) is 19.5 Å². The van der Waals surface area contributed by atoms with E-state index in [4.69, 9.17) is 13.6 Å². The van der Waals surface area contributed by atoms with Gasteiger partial charge in [0.1, 0.15) is 24.0 Å². The lowest BCUT2D eigenvalue weighted by molar-refractivity contribution is 0.0599. The van der Waals surface area contributed by atoms with Gasteiger partial charge in [-0.25, -0.2) is 0 Å². The van der Waals surface area contributed by atoms with Gasteiger partial charge in [0.15, 0.2) is 5.76 Å². The summed E-state index contributed by atoms with van der Waals surface area (Å²) in [7, 11) is 0. The molecule has 0 unspecified atom stereocenters. The van der Waals surface area contributed by atoms with Crippen molar-refractivity contribution in [2.75, 3.05) is 26.2 Å². The molecule has 4 aromatic rings. The van der Waals surface area contributed by atoms with Crippen LogP contribution in [0.25, 0.3) is 22.6 Å². The Balaban J connectivity index is 1.03. The zero-order valence-corrected chi connectivity index (χ0v) is 20.8. The minimum absolute atomic E-state index is 0.226. The monoisotopic (exact) mass is 487 g/mol. The van der Waals surface area contributed by atoms with Crippen molar-refractivity contribution in [2.24, 2.45) is 0 Å². The van der Waals surface area contributed by atoms with E-state index in [0.29, 0.717) is 41.3 Å². The summed E-state index contributed by atoms with van der Waals surface area (Å²) in [6.45, 7) is 4.59. The van der Waals surface area contributed by atoms with Gasteiger partial charge in [-0.15, -0.1) is 10.2 Å². The third-order valence-corrected chi connectivity index (χ3v) is 7.59. The molecular formula is C29H33N3O4. The Labute approximate surface area is 211 Å². The number of aliphatic hydroxyl groups excluding tert-OH is 1. The zero-order valence-electron chi connectivity index (χ0n) is 20.8. The SMILES string of the molecule is Cc1nnc(-c2cc3c(OC[C@@H](O)CN4CCC(c5ccc6c(c5)CCCC6)CC4)cccc3o2)o1. The van der Waals surface area contributed by atoms with Gasteiger partial charge in [-0.2, -0.15) is 0 Å². The summed E-state index contributed by atoms with van der Waals surface area (Å²) in [4.78, 5) is 2.36. The lowest BCUT2D eigenvalue weighted by atomic mass is 9.84. The van der Waals surface area contributed by atoms with E-state index in [0.717, 1.165) is 31.3 Å². The minimum Gasteiger partial charge on any atom is -0.490 e. The molecule has 1 saturated heterocycles. The Morgan fingerprint density at radius 3 is 2.67 bits per heavy atom. The average molecular weight is 488 g/mol. The Bertz CT molecular complexity index is 1340. The van der Waals surface area contributed by atoms with E-state index in [1.165, 1.54) is 31.2 Å². The second-order valence-corrected chi connectivity index (χ2v) is 10.2. The van der Waals surface area contributed by atoms with Crippen LogP contribution in [0.2, 0.25) is 0 Å². The van der Waals surface area contributed by atoms with Gasteiger partial charge < -0.3 is 23.6 Å². The Morgan fingerprint density at radius 1 is 1.03 bits per heavy atom. The van der Waals surface area contributed by atoms with Crippen LogP contribution in [-0.2, 0) is 12.8 Å². The van der Waals surface area contributed by atoms with Gasteiger partial charge in [0.2, 0.25) is 5.89 Å². The third-order valence-electron chi connectivity index (χ3n) is 7.59. The molecule has 1 aliphatic heterocycles. The smallest absolute Gasteiger partial charge is 0.283 e. The highest BCUT2D eigenvalue weighted by molar-refractivity contribution is 5.87. The first-order chi connectivity index (χ1) is 17.6. The summed E-state index contributed by atoms with van der Waals surface area (Å²) < 4.78 is 17.4. The first kappa shape index (κ1) is 23.3. The fourth-order valence-corrected chi connectivity index (χ4v) is 5.65. The maximum absolute atomic E-state index is 10.7. The second-order valence-electron chi connectivity index (χ2n) is 10.2. The molecule has 2 aliphatic rings. The van der Waals surface area contributed by atoms with Crippen molar-refractivity contribution < 1.29 is 18.7 Å². The Hall–Kier alpha value is -3.16. The predicted molar refractivity (Wildman–Crippen MR) is 137 cm³/mol. The molecule has 0 bridgehead atoms. The van der Waals surface area contributed by atoms with Crippen molar-refractivity contribution >= 4 is 11.0 Å². The fraction of sp³-hybridized carbons (Fsp3) is 0.448. The van der Waals surface area contributed by atoms with E-state index in [2.05, 4.69) is 33.3 Å². The maximum Gasteiger partial charge on any atom is 0.283 e. The van der Waals surface area contributed by atoms with Crippen LogP contribution < -0.4 is 4.74 Å². The molecule has 1 atom stereocenters. The molecule has 36 heavy (non-hydrogen) atoms. The van der Waals surface area contributed by atoms with Crippen LogP contribution in [0.3, 0.4) is 0 Å². The highest BCUT2D eigenvalue weighted by atomic mass is 16.5. The van der Waals surface area contributed by atoms with E-state index in [1.807, 2.05) is 24.3 Å². The molecule has 0 spiro atoms. The number of hydrogen-bond acceptors (Lipinski definition) is 7. The van der Waals surface area contributed by atoms with Crippen molar-refractivity contribution in [3.63, 3.8) is 0 Å². The molecular weight excluding hydrogens is 454 g/mol. The Morgan fingerprint density at radius 2 is 1.86 bits per heavy atom. The van der Waals surface area contributed by atoms with Crippen LogP contribution in [0.4, 0.5) is 0 Å². The standard InChI is InChI=1S/C29H33N3O4/c1-19-30-31-29(35-19)28-16-25-26(7-4-8-27(25)36-28)34-18-24(33)17-32-13-11-21(12-14-32)23-10-9-20-5-2-3-6-22(20)15-23/h4,7-10,15-16,21,24,33H,2-3,5-6,11-14,17-18H2,1H3/t24-/m0/s1. The molecule has 3 heterocycles. The van der Waals surface area contributed by atoms with Gasteiger partial charge in [0.25, 0.3) is 5.89 Å². The molecule has 1 fully saturated rings. The molecule has 6 rings (SSSR count). The largest absolute Gasteiger partial charge is 0.490 e. The molecule has 2 aromatic carbocycles. The summed E-state index contributed by atoms with van der Waals surface area (Å²) >= 11 is 0. The summed E-state index contributed by atoms with van der Waals surface area (Å²) in [5.41, 5.74) is 5.30. The van der Waals surface area contributed by atoms with E-state index < -0.39 is 6.10 Å². The normalized spacial score (nSPS) is 17.8. The van der Waals surface area contributed by atoms with E-state index in [1.54, 1.807) is 18.1 Å². The molecule has 1 N–H and O–H groups in total. The second kappa shape index (κ2) is 10.1. The number of ether oxygens (including phenoxy) is 1. The van der Waals surface area contributed by atoms with Crippen molar-refractivity contribution in [3.05, 3.63) is 65.0 Å². The number of furan rings is 1. The summed E-state index contributed by atoms with van der Waals surface area (Å²) in [5, 5.41) is 19.4. The number of fused-ring (bicyclic) bond motifs is 2. The number of β-amino-alcohol motifs (C(OH)–C–C–N with tert-alkyl or cyclic N) is 1. The van der Waals surface area contributed by atoms with Crippen LogP contribution in [0.1, 0.15) is 54.2 Å². The number of aryl methyl sites for hydroxylation is 3. The van der Waals surface area contributed by atoms with Gasteiger partial charge in [-0.3, -0.25) is 0 Å². The van der Waals surface area contributed by atoms with Gasteiger partial charge in [0.05, 0.1) is 5.39 Å². The van der Waals surface area contributed by atoms with Gasteiger partial charge >= 0.3 is 0 Å². The summed E-state index contributed by atoms with van der Waals surface area (Å²) in [6.07, 6.45) is 6.84. The van der Waals surface area contributed by atoms with Crippen molar-refractivity contribution in [2.45, 2.75) is 57.5 Å². The lowest BCUT2D eigenvalue weighted by Crippen LogP contribution is -2.40. The van der Waals surface area contributed by atoms with Crippen LogP contribution in [0, 0.1) is 6.92 Å². The number of likely N-dealkylation sites (tertiary alicyclic amines) is 1. The first-order valence-electron chi connectivity index (χ1n) is 13.1. The minimum atomic E-state index is -0.564. The van der Waals surface area contributed by atoms with E-state index in [-0.39, 0.29) is 6.61 Å². The molecule has 188 valence electrons. The number of nitrogens with zero attached hydrogens (tertiary/aromatic N) is 3. The number of aliphatic hydroxyl groups is 1. The zero-order chi connectivity index (χ0) is 24.5. The molecule has 7 heteroatoms. The molecule has 0 radical (unpaired) electrons. The van der Waals surface area contributed by atoms with E-state index in [9.17, 15) is 5.11 Å². The fourth-order valence-electron chi connectivity index (χ4n) is 5.65. The number of hydrogen-bond donors (Lipinski definition) is 1. The Kier molecular flexibility index (Phi) is 6.50. The number of rotatable bonds is 7. The summed E-state index contributed by atoms with van der Waals surface area (Å²) in [5.74, 6) is 2.62. The number of aromatic nitrogens is 2. The van der Waals surface area contributed by atoms with Crippen molar-refractivity contribution in [3.8, 4) is 17.4 Å². The van der Waals surface area contributed by atoms with Gasteiger partial charge in [-0.05, 0) is 86.4 Å². The average Bonchev–Trinajstić information content (AvgIpc) is 3.54. The van der Waals surface area contributed by atoms with Crippen LogP contribution in [0.5, 0.6) is 5.75 Å². The molecule has 0 amide bonds. The van der Waals surface area contributed by atoms with Crippen LogP contribution >= 0.6 is 0 Å². The highest BCUT2D eigenvalue weighted by Gasteiger charge is 2.24. The maximum atomic E-state index is 10.7. The predicted octanol–water partition coefficient (Wildman–Crippen LogP) is 5.29. The van der Waals surface area contributed by atoms with Crippen molar-refractivity contribution in [1.29, 1.82) is 0 Å². The summed E-state index contributed by atoms with van der Waals surface area (Å²) in [6, 6.07) is 14.7. The molecule has 7 nitrogen and oxygen atoms in total. The first-order valence-corrected chi connectivity index (χ1v) is 13.1. The third kappa shape index (κ3) is 4.90. The lowest BCUT2D eigenvalue weighted by Gasteiger charge is -2.33. The molecule has 1 aliphatic carbocycles.